The molecular weight excluding hydrogens is 220 g/mol. The standard InChI is InChI=1S/C16H26N2/c1-18(16-11-7-4-8-12-16)14-13-17-15-9-5-2-3-6-10-15/h4,7-8,11-12,15,17H,2-3,5-6,9-10,13-14H2,1H3. The van der Waals surface area contributed by atoms with Crippen molar-refractivity contribution in [3.05, 3.63) is 30.3 Å². The molecule has 2 rings (SSSR count). The highest BCUT2D eigenvalue weighted by Gasteiger charge is 2.11. The van der Waals surface area contributed by atoms with E-state index in [1.807, 2.05) is 0 Å². The first-order valence-electron chi connectivity index (χ1n) is 7.36. The minimum atomic E-state index is 0.761. The van der Waals surface area contributed by atoms with Crippen molar-refractivity contribution in [3.63, 3.8) is 0 Å². The van der Waals surface area contributed by atoms with Crippen molar-refractivity contribution in [1.29, 1.82) is 0 Å². The van der Waals surface area contributed by atoms with Gasteiger partial charge in [0.1, 0.15) is 0 Å². The first-order chi connectivity index (χ1) is 8.86. The fourth-order valence-corrected chi connectivity index (χ4v) is 2.73. The highest BCUT2D eigenvalue weighted by Crippen LogP contribution is 2.17. The Kier molecular flexibility index (Phi) is 5.53. The molecule has 0 spiro atoms. The van der Waals surface area contributed by atoms with E-state index in [9.17, 15) is 0 Å². The van der Waals surface area contributed by atoms with Gasteiger partial charge in [-0.1, -0.05) is 43.9 Å². The van der Waals surface area contributed by atoms with Crippen LogP contribution in [0.5, 0.6) is 0 Å². The quantitative estimate of drug-likeness (QED) is 0.801. The average molecular weight is 246 g/mol. The maximum atomic E-state index is 3.72. The number of nitrogens with one attached hydrogen (secondary N) is 1. The van der Waals surface area contributed by atoms with E-state index in [2.05, 4.69) is 47.6 Å². The maximum absolute atomic E-state index is 3.72. The van der Waals surface area contributed by atoms with Crippen LogP contribution in [0.15, 0.2) is 30.3 Å². The van der Waals surface area contributed by atoms with Gasteiger partial charge >= 0.3 is 0 Å². The molecule has 0 aliphatic heterocycles. The fourth-order valence-electron chi connectivity index (χ4n) is 2.73. The van der Waals surface area contributed by atoms with Crippen LogP contribution in [0.3, 0.4) is 0 Å². The van der Waals surface area contributed by atoms with E-state index in [4.69, 9.17) is 0 Å². The van der Waals surface area contributed by atoms with Gasteiger partial charge in [0.15, 0.2) is 0 Å². The van der Waals surface area contributed by atoms with Gasteiger partial charge in [-0.05, 0) is 25.0 Å². The summed E-state index contributed by atoms with van der Waals surface area (Å²) in [6.45, 7) is 2.18. The molecule has 18 heavy (non-hydrogen) atoms. The lowest BCUT2D eigenvalue weighted by Crippen LogP contribution is -2.35. The number of hydrogen-bond acceptors (Lipinski definition) is 2. The molecule has 100 valence electrons. The van der Waals surface area contributed by atoms with Crippen molar-refractivity contribution in [1.82, 2.24) is 5.32 Å². The van der Waals surface area contributed by atoms with Crippen molar-refractivity contribution < 1.29 is 0 Å². The summed E-state index contributed by atoms with van der Waals surface area (Å²) in [6.07, 6.45) is 8.42. The molecule has 0 atom stereocenters. The second-order valence-electron chi connectivity index (χ2n) is 5.40. The minimum Gasteiger partial charge on any atom is -0.373 e. The second-order valence-corrected chi connectivity index (χ2v) is 5.40. The Morgan fingerprint density at radius 2 is 1.72 bits per heavy atom. The number of anilines is 1. The lowest BCUT2D eigenvalue weighted by atomic mass is 10.1. The Hall–Kier alpha value is -1.02. The van der Waals surface area contributed by atoms with Crippen LogP contribution in [0.2, 0.25) is 0 Å². The molecule has 0 radical (unpaired) electrons. The van der Waals surface area contributed by atoms with Gasteiger partial charge in [0.2, 0.25) is 0 Å². The van der Waals surface area contributed by atoms with Crippen LogP contribution in [0.4, 0.5) is 5.69 Å². The number of para-hydroxylation sites is 1. The first-order valence-corrected chi connectivity index (χ1v) is 7.36. The molecule has 2 heteroatoms. The molecule has 1 saturated carbocycles. The van der Waals surface area contributed by atoms with Gasteiger partial charge in [0, 0.05) is 31.9 Å². The third-order valence-electron chi connectivity index (χ3n) is 3.93. The van der Waals surface area contributed by atoms with Gasteiger partial charge in [0.05, 0.1) is 0 Å². The lowest BCUT2D eigenvalue weighted by Gasteiger charge is -2.22. The third-order valence-corrected chi connectivity index (χ3v) is 3.93. The summed E-state index contributed by atoms with van der Waals surface area (Å²) in [7, 11) is 2.17. The van der Waals surface area contributed by atoms with Crippen LogP contribution >= 0.6 is 0 Å². The molecule has 1 aliphatic carbocycles. The molecule has 0 saturated heterocycles. The molecule has 0 heterocycles. The zero-order valence-corrected chi connectivity index (χ0v) is 11.6. The topological polar surface area (TPSA) is 15.3 Å². The molecule has 1 fully saturated rings. The van der Waals surface area contributed by atoms with E-state index in [-0.39, 0.29) is 0 Å². The molecule has 0 aromatic heterocycles. The molecule has 0 unspecified atom stereocenters. The summed E-state index contributed by atoms with van der Waals surface area (Å²) < 4.78 is 0. The van der Waals surface area contributed by atoms with E-state index in [0.29, 0.717) is 0 Å². The summed E-state index contributed by atoms with van der Waals surface area (Å²) >= 11 is 0. The predicted molar refractivity (Wildman–Crippen MR) is 79.2 cm³/mol. The summed E-state index contributed by atoms with van der Waals surface area (Å²) in [6, 6.07) is 11.4. The Morgan fingerprint density at radius 3 is 2.39 bits per heavy atom. The van der Waals surface area contributed by atoms with E-state index in [0.717, 1.165) is 19.1 Å². The SMILES string of the molecule is CN(CCNC1CCCCCC1)c1ccccc1. The van der Waals surface area contributed by atoms with Crippen LogP contribution in [-0.2, 0) is 0 Å². The van der Waals surface area contributed by atoms with Gasteiger partial charge in [-0.3, -0.25) is 0 Å². The van der Waals surface area contributed by atoms with Crippen molar-refractivity contribution >= 4 is 5.69 Å². The van der Waals surface area contributed by atoms with E-state index < -0.39 is 0 Å². The summed E-state index contributed by atoms with van der Waals surface area (Å²) in [4.78, 5) is 2.32. The highest BCUT2D eigenvalue weighted by atomic mass is 15.1. The van der Waals surface area contributed by atoms with Gasteiger partial charge in [-0.2, -0.15) is 0 Å². The Labute approximate surface area is 111 Å². The Bertz CT molecular complexity index is 315. The lowest BCUT2D eigenvalue weighted by molar-refractivity contribution is 0.464. The highest BCUT2D eigenvalue weighted by molar-refractivity contribution is 5.44. The fraction of sp³-hybridized carbons (Fsp3) is 0.625. The van der Waals surface area contributed by atoms with Gasteiger partial charge in [-0.15, -0.1) is 0 Å². The molecule has 1 aromatic rings. The number of nitrogens with zero attached hydrogens (tertiary/aromatic N) is 1. The zero-order valence-electron chi connectivity index (χ0n) is 11.6. The Morgan fingerprint density at radius 1 is 1.06 bits per heavy atom. The van der Waals surface area contributed by atoms with Crippen LogP contribution in [0.25, 0.3) is 0 Å². The normalized spacial score (nSPS) is 17.4. The number of benzene rings is 1. The molecule has 1 aromatic carbocycles. The predicted octanol–water partition coefficient (Wildman–Crippen LogP) is 3.44. The molecule has 1 N–H and O–H groups in total. The number of rotatable bonds is 5. The minimum absolute atomic E-state index is 0.761. The zero-order chi connectivity index (χ0) is 12.6. The van der Waals surface area contributed by atoms with E-state index in [1.54, 1.807) is 0 Å². The second kappa shape index (κ2) is 7.42. The molecule has 1 aliphatic rings. The molecular formula is C16H26N2. The van der Waals surface area contributed by atoms with Crippen LogP contribution in [0, 0.1) is 0 Å². The first kappa shape index (κ1) is 13.4. The van der Waals surface area contributed by atoms with E-state index in [1.165, 1.54) is 44.2 Å². The number of hydrogen-bond donors (Lipinski definition) is 1. The molecule has 2 nitrogen and oxygen atoms in total. The largest absolute Gasteiger partial charge is 0.373 e. The molecule has 0 bridgehead atoms. The van der Waals surface area contributed by atoms with Gasteiger partial charge in [0.25, 0.3) is 0 Å². The summed E-state index contributed by atoms with van der Waals surface area (Å²) in [5.74, 6) is 0. The van der Waals surface area contributed by atoms with Crippen molar-refractivity contribution in [2.45, 2.75) is 44.6 Å². The number of likely N-dealkylation sites (N-methyl/N-ethyl adjacent to an activating group) is 1. The van der Waals surface area contributed by atoms with Crippen molar-refractivity contribution in [2.75, 3.05) is 25.0 Å². The average Bonchev–Trinajstić information content (AvgIpc) is 2.68. The van der Waals surface area contributed by atoms with Crippen LogP contribution in [0.1, 0.15) is 38.5 Å². The summed E-state index contributed by atoms with van der Waals surface area (Å²) in [5, 5.41) is 3.72. The van der Waals surface area contributed by atoms with Crippen LogP contribution in [-0.4, -0.2) is 26.2 Å². The van der Waals surface area contributed by atoms with E-state index >= 15 is 0 Å². The van der Waals surface area contributed by atoms with Crippen molar-refractivity contribution in [3.8, 4) is 0 Å². The van der Waals surface area contributed by atoms with Crippen molar-refractivity contribution in [2.24, 2.45) is 0 Å². The monoisotopic (exact) mass is 246 g/mol. The maximum Gasteiger partial charge on any atom is 0.0364 e. The summed E-state index contributed by atoms with van der Waals surface area (Å²) in [5.41, 5.74) is 1.31. The smallest absolute Gasteiger partial charge is 0.0364 e. The molecule has 0 amide bonds. The van der Waals surface area contributed by atoms with Crippen LogP contribution < -0.4 is 10.2 Å². The van der Waals surface area contributed by atoms with Gasteiger partial charge in [-0.25, -0.2) is 0 Å². The Balaban J connectivity index is 1.68. The third kappa shape index (κ3) is 4.34. The van der Waals surface area contributed by atoms with Gasteiger partial charge < -0.3 is 10.2 Å².